The number of carbonyl (C=O) groups excluding carboxylic acids is 5. The second-order valence-electron chi connectivity index (χ2n) is 12.7. The van der Waals surface area contributed by atoms with Crippen molar-refractivity contribution in [3.05, 3.63) is 108 Å². The summed E-state index contributed by atoms with van der Waals surface area (Å²) in [6.07, 6.45) is 1.85. The van der Waals surface area contributed by atoms with Gasteiger partial charge in [-0.3, -0.25) is 24.0 Å². The number of benzene rings is 3. The number of thiol groups is 2. The quantitative estimate of drug-likeness (QED) is 0.0534. The topological polar surface area (TPSA) is 245 Å². The lowest BCUT2D eigenvalue weighted by molar-refractivity contribution is -0.141. The molecule has 0 bridgehead atoms. The van der Waals surface area contributed by atoms with Crippen molar-refractivity contribution in [1.82, 2.24) is 31.6 Å². The Morgan fingerprint density at radius 1 is 0.582 bits per heavy atom. The second-order valence-corrected chi connectivity index (χ2v) is 13.5. The number of amides is 5. The van der Waals surface area contributed by atoms with Crippen LogP contribution in [0.15, 0.2) is 91.1 Å². The number of aromatic amines is 1. The molecule has 0 saturated heterocycles. The molecule has 0 fully saturated rings. The molecule has 6 atom stereocenters. The predicted octanol–water partition coefficient (Wildman–Crippen LogP) is -0.116. The summed E-state index contributed by atoms with van der Waals surface area (Å²) in [5.74, 6) is -5.69. The van der Waals surface area contributed by atoms with E-state index in [2.05, 4.69) is 56.8 Å². The molecule has 15 nitrogen and oxygen atoms in total. The number of nitrogens with two attached hydrogens (primary N) is 1. The molecular weight excluding hydrogens is 747 g/mol. The van der Waals surface area contributed by atoms with E-state index in [4.69, 9.17) is 5.73 Å². The van der Waals surface area contributed by atoms with Gasteiger partial charge in [0, 0.05) is 41.4 Å². The van der Waals surface area contributed by atoms with Crippen LogP contribution in [-0.2, 0) is 48.0 Å². The monoisotopic (exact) mass is 791 g/mol. The number of nitrogens with one attached hydrogen (secondary N) is 6. The van der Waals surface area contributed by atoms with Crippen LogP contribution in [0.25, 0.3) is 10.9 Å². The molecule has 5 amide bonds. The lowest BCUT2D eigenvalue weighted by atomic mass is 10.0. The number of aromatic nitrogens is 1. The zero-order valence-corrected chi connectivity index (χ0v) is 31.5. The van der Waals surface area contributed by atoms with E-state index in [1.54, 1.807) is 66.9 Å². The van der Waals surface area contributed by atoms with Crippen molar-refractivity contribution in [3.8, 4) is 0 Å². The van der Waals surface area contributed by atoms with Crippen LogP contribution in [0.4, 0.5) is 0 Å². The van der Waals surface area contributed by atoms with Crippen LogP contribution < -0.4 is 32.3 Å². The van der Waals surface area contributed by atoms with Crippen molar-refractivity contribution in [3.63, 3.8) is 0 Å². The number of carbonyl (C=O) groups is 6. The minimum Gasteiger partial charge on any atom is -0.480 e. The first-order chi connectivity index (χ1) is 26.4. The maximum absolute atomic E-state index is 13.8. The van der Waals surface area contributed by atoms with Crippen LogP contribution in [0.1, 0.15) is 16.7 Å². The fraction of sp³-hybridized carbons (Fsp3) is 0.316. The van der Waals surface area contributed by atoms with E-state index in [0.29, 0.717) is 11.1 Å². The standard InChI is InChI=1S/C38H45N7O8S2/c39-26(17-24-18-40-27-14-8-7-13-25(24)27)33(47)43-30(19-46)36(50)41-28(15-22-9-3-1-4-10-22)34(48)44-31(20-54)37(51)42-29(16-23-11-5-2-6-12-23)35(49)45-32(21-55)38(52)53/h1-14,18,26,28-32,40,46,54-55H,15-17,19-21,39H2,(H,41,50)(H,42,51)(H,43,47)(H,44,48)(H,45,49)(H,52,53)/t26-,28-,29-,30-,31-,32-/m0/s1. The Balaban J connectivity index is 1.46. The third-order valence-corrected chi connectivity index (χ3v) is 9.44. The minimum atomic E-state index is -1.47. The first-order valence-corrected chi connectivity index (χ1v) is 18.7. The molecule has 55 heavy (non-hydrogen) atoms. The van der Waals surface area contributed by atoms with Gasteiger partial charge in [-0.2, -0.15) is 25.3 Å². The molecule has 3 aromatic carbocycles. The smallest absolute Gasteiger partial charge is 0.327 e. The predicted molar refractivity (Wildman–Crippen MR) is 212 cm³/mol. The molecule has 0 aliphatic carbocycles. The van der Waals surface area contributed by atoms with Gasteiger partial charge < -0.3 is 47.5 Å². The molecule has 4 rings (SSSR count). The van der Waals surface area contributed by atoms with Crippen molar-refractivity contribution >= 4 is 71.7 Å². The summed E-state index contributed by atoms with van der Waals surface area (Å²) in [5, 5.41) is 33.0. The second kappa shape index (κ2) is 20.9. The number of hydrogen-bond donors (Lipinski definition) is 11. The molecule has 0 spiro atoms. The third kappa shape index (κ3) is 12.3. The zero-order chi connectivity index (χ0) is 39.9. The number of carboxylic acid groups (broad SMARTS) is 1. The molecular formula is C38H45N7O8S2. The van der Waals surface area contributed by atoms with Gasteiger partial charge in [0.1, 0.15) is 30.2 Å². The summed E-state index contributed by atoms with van der Waals surface area (Å²) in [6.45, 7) is -0.806. The fourth-order valence-electron chi connectivity index (χ4n) is 5.69. The highest BCUT2D eigenvalue weighted by Crippen LogP contribution is 2.19. The number of fused-ring (bicyclic) bond motifs is 1. The summed E-state index contributed by atoms with van der Waals surface area (Å²) in [4.78, 5) is 81.8. The molecule has 1 heterocycles. The van der Waals surface area contributed by atoms with Crippen molar-refractivity contribution in [2.45, 2.75) is 55.5 Å². The van der Waals surface area contributed by atoms with Crippen LogP contribution in [-0.4, -0.2) is 105 Å². The van der Waals surface area contributed by atoms with Crippen LogP contribution in [0.2, 0.25) is 0 Å². The fourth-order valence-corrected chi connectivity index (χ4v) is 6.19. The van der Waals surface area contributed by atoms with Gasteiger partial charge in [-0.25, -0.2) is 4.79 Å². The van der Waals surface area contributed by atoms with Crippen molar-refractivity contribution < 1.29 is 39.0 Å². The minimum absolute atomic E-state index is 0.00302. The number of aliphatic hydroxyl groups is 1. The molecule has 0 saturated carbocycles. The maximum Gasteiger partial charge on any atom is 0.327 e. The normalized spacial score (nSPS) is 14.3. The van der Waals surface area contributed by atoms with Crippen molar-refractivity contribution in [1.29, 1.82) is 0 Å². The van der Waals surface area contributed by atoms with Crippen LogP contribution in [0.5, 0.6) is 0 Å². The molecule has 0 radical (unpaired) electrons. The average molecular weight is 792 g/mol. The number of para-hydroxylation sites is 1. The van der Waals surface area contributed by atoms with Gasteiger partial charge in [0.2, 0.25) is 29.5 Å². The Morgan fingerprint density at radius 2 is 1.02 bits per heavy atom. The van der Waals surface area contributed by atoms with Gasteiger partial charge in [0.05, 0.1) is 12.6 Å². The van der Waals surface area contributed by atoms with E-state index in [1.165, 1.54) is 0 Å². The Bertz CT molecular complexity index is 1930. The number of rotatable bonds is 20. The van der Waals surface area contributed by atoms with Gasteiger partial charge in [-0.05, 0) is 29.2 Å². The Hall–Kier alpha value is -5.36. The van der Waals surface area contributed by atoms with Crippen LogP contribution in [0.3, 0.4) is 0 Å². The highest BCUT2D eigenvalue weighted by Gasteiger charge is 2.32. The zero-order valence-electron chi connectivity index (χ0n) is 29.7. The number of aliphatic carboxylic acids is 1. The Kier molecular flexibility index (Phi) is 16.1. The van der Waals surface area contributed by atoms with E-state index in [-0.39, 0.29) is 30.8 Å². The molecule has 0 aliphatic heterocycles. The average Bonchev–Trinajstić information content (AvgIpc) is 3.60. The SMILES string of the molecule is N[C@@H](Cc1c[nH]c2ccccc12)C(=O)N[C@@H](CO)C(=O)N[C@@H](Cc1ccccc1)C(=O)N[C@@H](CS)C(=O)N[C@@H](Cc1ccccc1)C(=O)N[C@@H](CS)C(=O)O. The first kappa shape index (κ1) is 42.4. The lowest BCUT2D eigenvalue weighted by Gasteiger charge is -2.26. The molecule has 10 N–H and O–H groups in total. The van der Waals surface area contributed by atoms with Gasteiger partial charge in [0.15, 0.2) is 0 Å². The number of H-pyrrole nitrogens is 1. The number of aliphatic hydroxyl groups excluding tert-OH is 1. The van der Waals surface area contributed by atoms with E-state index < -0.39 is 78.4 Å². The molecule has 0 aliphatic rings. The summed E-state index contributed by atoms with van der Waals surface area (Å²) >= 11 is 8.24. The van der Waals surface area contributed by atoms with E-state index >= 15 is 0 Å². The highest BCUT2D eigenvalue weighted by atomic mass is 32.1. The van der Waals surface area contributed by atoms with Crippen molar-refractivity contribution in [2.75, 3.05) is 18.1 Å². The summed E-state index contributed by atoms with van der Waals surface area (Å²) in [5.41, 5.74) is 9.17. The van der Waals surface area contributed by atoms with Crippen LogP contribution >= 0.6 is 25.3 Å². The van der Waals surface area contributed by atoms with E-state index in [9.17, 15) is 39.0 Å². The van der Waals surface area contributed by atoms with E-state index in [1.807, 2.05) is 24.3 Å². The third-order valence-electron chi connectivity index (χ3n) is 8.71. The molecule has 4 aromatic rings. The summed E-state index contributed by atoms with van der Waals surface area (Å²) in [6, 6.07) is 17.2. The van der Waals surface area contributed by atoms with E-state index in [0.717, 1.165) is 16.5 Å². The largest absolute Gasteiger partial charge is 0.480 e. The molecule has 292 valence electrons. The molecule has 1 aromatic heterocycles. The van der Waals surface area contributed by atoms with Gasteiger partial charge in [-0.1, -0.05) is 78.9 Å². The summed E-state index contributed by atoms with van der Waals surface area (Å²) in [7, 11) is 0. The van der Waals surface area contributed by atoms with Crippen LogP contribution in [0, 0.1) is 0 Å². The Morgan fingerprint density at radius 3 is 1.53 bits per heavy atom. The first-order valence-electron chi connectivity index (χ1n) is 17.4. The molecule has 0 unspecified atom stereocenters. The van der Waals surface area contributed by atoms with Gasteiger partial charge in [0.25, 0.3) is 0 Å². The lowest BCUT2D eigenvalue weighted by Crippen LogP contribution is -2.60. The number of carboxylic acids is 1. The molecule has 17 heteroatoms. The highest BCUT2D eigenvalue weighted by molar-refractivity contribution is 7.80. The maximum atomic E-state index is 13.8. The number of hydrogen-bond acceptors (Lipinski definition) is 10. The van der Waals surface area contributed by atoms with Gasteiger partial charge >= 0.3 is 5.97 Å². The van der Waals surface area contributed by atoms with Gasteiger partial charge in [-0.15, -0.1) is 0 Å². The Labute approximate surface area is 328 Å². The summed E-state index contributed by atoms with van der Waals surface area (Å²) < 4.78 is 0. The van der Waals surface area contributed by atoms with Crippen molar-refractivity contribution in [2.24, 2.45) is 5.73 Å².